The van der Waals surface area contributed by atoms with Crippen molar-refractivity contribution in [1.29, 1.82) is 0 Å². The quantitative estimate of drug-likeness (QED) is 0.841. The highest BCUT2D eigenvalue weighted by molar-refractivity contribution is 5.09. The van der Waals surface area contributed by atoms with Crippen molar-refractivity contribution in [3.05, 3.63) is 0 Å². The normalized spacial score (nSPS) is 41.4. The van der Waals surface area contributed by atoms with Crippen LogP contribution in [0.5, 0.6) is 0 Å². The summed E-state index contributed by atoms with van der Waals surface area (Å²) in [6, 6.07) is 0. The first-order valence-electron chi connectivity index (χ1n) is 8.44. The molecule has 1 heterocycles. The number of aliphatic hydroxyl groups is 1. The smallest absolute Gasteiger partial charge is 0.0900 e. The summed E-state index contributed by atoms with van der Waals surface area (Å²) in [6.45, 7) is 10.7. The Morgan fingerprint density at radius 2 is 1.95 bits per heavy atom. The molecule has 0 radical (unpaired) electrons. The van der Waals surface area contributed by atoms with Gasteiger partial charge in [0.05, 0.1) is 18.8 Å². The van der Waals surface area contributed by atoms with Crippen LogP contribution in [-0.2, 0) is 4.74 Å². The standard InChI is InChI=1S/C17H31NO2/c1-16(2)13-6-7-17(3,10-13)15(16)20-12-14(19)11-18-8-4-5-9-18/h13-15,19H,4-12H2,1-3H3/t13-,14-,15+,17+/m0/s1. The monoisotopic (exact) mass is 281 g/mol. The second-order valence-corrected chi connectivity index (χ2v) is 8.29. The lowest BCUT2D eigenvalue weighted by atomic mass is 9.70. The van der Waals surface area contributed by atoms with E-state index in [2.05, 4.69) is 25.7 Å². The predicted octanol–water partition coefficient (Wildman–Crippen LogP) is 2.67. The Labute approximate surface area is 123 Å². The van der Waals surface area contributed by atoms with Crippen molar-refractivity contribution in [3.63, 3.8) is 0 Å². The van der Waals surface area contributed by atoms with Crippen LogP contribution < -0.4 is 0 Å². The van der Waals surface area contributed by atoms with Crippen LogP contribution in [0, 0.1) is 16.7 Å². The average Bonchev–Trinajstić information content (AvgIpc) is 3.02. The Morgan fingerprint density at radius 3 is 2.55 bits per heavy atom. The molecule has 3 fully saturated rings. The van der Waals surface area contributed by atoms with Crippen LogP contribution in [0.3, 0.4) is 0 Å². The number of nitrogens with zero attached hydrogens (tertiary/aromatic N) is 1. The zero-order chi connectivity index (χ0) is 14.4. The first-order valence-corrected chi connectivity index (χ1v) is 8.44. The number of ether oxygens (including phenoxy) is 1. The minimum Gasteiger partial charge on any atom is -0.389 e. The summed E-state index contributed by atoms with van der Waals surface area (Å²) in [7, 11) is 0. The van der Waals surface area contributed by atoms with Gasteiger partial charge >= 0.3 is 0 Å². The van der Waals surface area contributed by atoms with Crippen molar-refractivity contribution < 1.29 is 9.84 Å². The van der Waals surface area contributed by atoms with Gasteiger partial charge in [0.25, 0.3) is 0 Å². The van der Waals surface area contributed by atoms with E-state index in [1.165, 1.54) is 32.1 Å². The van der Waals surface area contributed by atoms with Gasteiger partial charge < -0.3 is 14.7 Å². The molecule has 0 unspecified atom stereocenters. The van der Waals surface area contributed by atoms with E-state index < -0.39 is 0 Å². The third kappa shape index (κ3) is 2.53. The van der Waals surface area contributed by atoms with Gasteiger partial charge in [0.15, 0.2) is 0 Å². The molecule has 1 aliphatic heterocycles. The van der Waals surface area contributed by atoms with Gasteiger partial charge in [0.1, 0.15) is 0 Å². The maximum absolute atomic E-state index is 10.2. The Bertz CT molecular complexity index is 346. The van der Waals surface area contributed by atoms with Gasteiger partial charge in [-0.2, -0.15) is 0 Å². The van der Waals surface area contributed by atoms with E-state index in [1.54, 1.807) is 0 Å². The average molecular weight is 281 g/mol. The Kier molecular flexibility index (Phi) is 3.89. The molecule has 3 nitrogen and oxygen atoms in total. The minimum atomic E-state index is -0.327. The maximum Gasteiger partial charge on any atom is 0.0900 e. The molecular weight excluding hydrogens is 250 g/mol. The van der Waals surface area contributed by atoms with Crippen molar-refractivity contribution in [2.75, 3.05) is 26.2 Å². The summed E-state index contributed by atoms with van der Waals surface area (Å²) in [5, 5.41) is 10.2. The molecule has 1 saturated heterocycles. The molecule has 3 aliphatic rings. The fourth-order valence-electron chi connectivity index (χ4n) is 5.20. The van der Waals surface area contributed by atoms with Crippen molar-refractivity contribution in [2.24, 2.45) is 16.7 Å². The van der Waals surface area contributed by atoms with Crippen molar-refractivity contribution >= 4 is 0 Å². The lowest BCUT2D eigenvalue weighted by molar-refractivity contribution is -0.113. The Balaban J connectivity index is 1.52. The van der Waals surface area contributed by atoms with E-state index in [-0.39, 0.29) is 11.5 Å². The summed E-state index contributed by atoms with van der Waals surface area (Å²) in [5.41, 5.74) is 0.627. The highest BCUT2D eigenvalue weighted by Gasteiger charge is 2.60. The third-order valence-electron chi connectivity index (χ3n) is 6.26. The number of β-amino-alcohol motifs (C(OH)–C–C–N with tert-alkyl or cyclic N) is 1. The highest BCUT2D eigenvalue weighted by Crippen LogP contribution is 2.63. The van der Waals surface area contributed by atoms with Crippen LogP contribution in [-0.4, -0.2) is 48.5 Å². The second kappa shape index (κ2) is 5.26. The molecule has 2 bridgehead atoms. The van der Waals surface area contributed by atoms with Gasteiger partial charge in [0.2, 0.25) is 0 Å². The minimum absolute atomic E-state index is 0.278. The Hall–Kier alpha value is -0.120. The molecule has 0 aromatic carbocycles. The number of hydrogen-bond donors (Lipinski definition) is 1. The number of aliphatic hydroxyl groups excluding tert-OH is 1. The maximum atomic E-state index is 10.2. The molecule has 116 valence electrons. The molecular formula is C17H31NO2. The van der Waals surface area contributed by atoms with E-state index >= 15 is 0 Å². The van der Waals surface area contributed by atoms with Gasteiger partial charge in [-0.25, -0.2) is 0 Å². The van der Waals surface area contributed by atoms with E-state index in [0.29, 0.717) is 18.1 Å². The van der Waals surface area contributed by atoms with Gasteiger partial charge in [-0.15, -0.1) is 0 Å². The second-order valence-electron chi connectivity index (χ2n) is 8.29. The number of hydrogen-bond acceptors (Lipinski definition) is 3. The zero-order valence-corrected chi connectivity index (χ0v) is 13.4. The molecule has 0 spiro atoms. The SMILES string of the molecule is CC1(C)[C@H]2CC[C@](C)(C2)[C@@H]1OC[C@@H](O)CN1CCCC1. The predicted molar refractivity (Wildman–Crippen MR) is 80.6 cm³/mol. The number of rotatable bonds is 5. The summed E-state index contributed by atoms with van der Waals surface area (Å²) >= 11 is 0. The molecule has 0 amide bonds. The van der Waals surface area contributed by atoms with Crippen LogP contribution in [0.1, 0.15) is 52.9 Å². The van der Waals surface area contributed by atoms with Crippen LogP contribution in [0.4, 0.5) is 0 Å². The molecule has 20 heavy (non-hydrogen) atoms. The van der Waals surface area contributed by atoms with E-state index in [9.17, 15) is 5.11 Å². The van der Waals surface area contributed by atoms with Gasteiger partial charge in [-0.05, 0) is 61.9 Å². The lowest BCUT2D eigenvalue weighted by Gasteiger charge is -2.42. The summed E-state index contributed by atoms with van der Waals surface area (Å²) in [4.78, 5) is 2.36. The van der Waals surface area contributed by atoms with Gasteiger partial charge in [-0.3, -0.25) is 0 Å². The van der Waals surface area contributed by atoms with Crippen LogP contribution >= 0.6 is 0 Å². The molecule has 2 saturated carbocycles. The van der Waals surface area contributed by atoms with Gasteiger partial charge in [0, 0.05) is 6.54 Å². The molecule has 3 heteroatoms. The summed E-state index contributed by atoms with van der Waals surface area (Å²) in [5.74, 6) is 0.813. The van der Waals surface area contributed by atoms with E-state index in [1.807, 2.05) is 0 Å². The van der Waals surface area contributed by atoms with Crippen molar-refractivity contribution in [3.8, 4) is 0 Å². The number of likely N-dealkylation sites (tertiary alicyclic amines) is 1. The van der Waals surface area contributed by atoms with E-state index in [4.69, 9.17) is 4.74 Å². The van der Waals surface area contributed by atoms with Crippen LogP contribution in [0.15, 0.2) is 0 Å². The van der Waals surface area contributed by atoms with Crippen LogP contribution in [0.2, 0.25) is 0 Å². The molecule has 0 aromatic rings. The molecule has 4 atom stereocenters. The molecule has 3 rings (SSSR count). The number of fused-ring (bicyclic) bond motifs is 2. The Morgan fingerprint density at radius 1 is 1.25 bits per heavy atom. The summed E-state index contributed by atoms with van der Waals surface area (Å²) in [6.07, 6.45) is 6.53. The topological polar surface area (TPSA) is 32.7 Å². The first kappa shape index (κ1) is 14.8. The fraction of sp³-hybridized carbons (Fsp3) is 1.00. The molecule has 0 aromatic heterocycles. The molecule has 1 N–H and O–H groups in total. The van der Waals surface area contributed by atoms with E-state index in [0.717, 1.165) is 25.6 Å². The summed E-state index contributed by atoms with van der Waals surface area (Å²) < 4.78 is 6.25. The zero-order valence-electron chi connectivity index (χ0n) is 13.4. The van der Waals surface area contributed by atoms with Gasteiger partial charge in [-0.1, -0.05) is 20.8 Å². The van der Waals surface area contributed by atoms with Crippen LogP contribution in [0.25, 0.3) is 0 Å². The highest BCUT2D eigenvalue weighted by atomic mass is 16.5. The molecule has 2 aliphatic carbocycles. The fourth-order valence-corrected chi connectivity index (χ4v) is 5.20. The first-order chi connectivity index (χ1) is 9.42. The third-order valence-corrected chi connectivity index (χ3v) is 6.26. The van der Waals surface area contributed by atoms with Crippen molar-refractivity contribution in [1.82, 2.24) is 4.90 Å². The largest absolute Gasteiger partial charge is 0.389 e. The lowest BCUT2D eigenvalue weighted by Crippen LogP contribution is -2.44. The van der Waals surface area contributed by atoms with Crippen molar-refractivity contribution in [2.45, 2.75) is 65.1 Å².